The zero-order valence-electron chi connectivity index (χ0n) is 19.8. The van der Waals surface area contributed by atoms with Crippen LogP contribution < -0.4 is 15.8 Å². The van der Waals surface area contributed by atoms with Crippen LogP contribution in [0.5, 0.6) is 0 Å². The summed E-state index contributed by atoms with van der Waals surface area (Å²) in [6, 6.07) is 13.1. The quantitative estimate of drug-likeness (QED) is 0.588. The molecule has 6 nitrogen and oxygen atoms in total. The van der Waals surface area contributed by atoms with Gasteiger partial charge in [-0.15, -0.1) is 0 Å². The smallest absolute Gasteiger partial charge is 0.263 e. The lowest BCUT2D eigenvalue weighted by Gasteiger charge is -2.29. The maximum atomic E-state index is 13.9. The van der Waals surface area contributed by atoms with E-state index in [0.29, 0.717) is 23.6 Å². The highest BCUT2D eigenvalue weighted by Crippen LogP contribution is 2.41. The molecule has 1 unspecified atom stereocenters. The summed E-state index contributed by atoms with van der Waals surface area (Å²) in [5.41, 5.74) is 4.61. The van der Waals surface area contributed by atoms with Crippen LogP contribution in [0.15, 0.2) is 53.6 Å². The van der Waals surface area contributed by atoms with Crippen LogP contribution in [-0.2, 0) is 7.05 Å². The van der Waals surface area contributed by atoms with Gasteiger partial charge < -0.3 is 10.2 Å². The number of benzene rings is 1. The molecule has 2 aliphatic rings. The van der Waals surface area contributed by atoms with E-state index in [1.165, 1.54) is 18.4 Å². The van der Waals surface area contributed by atoms with Gasteiger partial charge in [0, 0.05) is 50.2 Å². The van der Waals surface area contributed by atoms with Crippen molar-refractivity contribution in [2.45, 2.75) is 57.5 Å². The molecule has 1 N–H and O–H groups in total. The van der Waals surface area contributed by atoms with Crippen molar-refractivity contribution in [2.75, 3.05) is 18.0 Å². The zero-order valence-corrected chi connectivity index (χ0v) is 19.8. The molecule has 0 bridgehead atoms. The predicted molar refractivity (Wildman–Crippen MR) is 134 cm³/mol. The molecule has 1 aromatic carbocycles. The van der Waals surface area contributed by atoms with Crippen molar-refractivity contribution >= 4 is 5.95 Å². The minimum absolute atomic E-state index is 0.00206. The van der Waals surface area contributed by atoms with Crippen LogP contribution >= 0.6 is 0 Å². The summed E-state index contributed by atoms with van der Waals surface area (Å²) in [4.78, 5) is 25.5. The summed E-state index contributed by atoms with van der Waals surface area (Å²) in [7, 11) is 1.86. The van der Waals surface area contributed by atoms with E-state index >= 15 is 0 Å². The van der Waals surface area contributed by atoms with Gasteiger partial charge in [-0.25, -0.2) is 4.98 Å². The van der Waals surface area contributed by atoms with Crippen LogP contribution in [0.2, 0.25) is 0 Å². The number of nitrogens with zero attached hydrogens (tertiary/aromatic N) is 4. The highest BCUT2D eigenvalue weighted by Gasteiger charge is 2.30. The molecule has 33 heavy (non-hydrogen) atoms. The van der Waals surface area contributed by atoms with Gasteiger partial charge >= 0.3 is 0 Å². The molecule has 6 heteroatoms. The maximum absolute atomic E-state index is 13.9. The highest BCUT2D eigenvalue weighted by molar-refractivity contribution is 5.81. The number of nitrogens with one attached hydrogen (secondary N) is 1. The van der Waals surface area contributed by atoms with Gasteiger partial charge in [-0.2, -0.15) is 0 Å². The van der Waals surface area contributed by atoms with Crippen molar-refractivity contribution in [3.8, 4) is 22.4 Å². The van der Waals surface area contributed by atoms with Gasteiger partial charge in [0.1, 0.15) is 0 Å². The van der Waals surface area contributed by atoms with Gasteiger partial charge in [0.2, 0.25) is 5.95 Å². The van der Waals surface area contributed by atoms with Crippen LogP contribution in [0.25, 0.3) is 22.4 Å². The van der Waals surface area contributed by atoms with E-state index in [-0.39, 0.29) is 5.56 Å². The minimum atomic E-state index is 0.00206. The van der Waals surface area contributed by atoms with E-state index in [1.807, 2.05) is 25.2 Å². The Morgan fingerprint density at radius 3 is 2.61 bits per heavy atom. The molecule has 0 amide bonds. The van der Waals surface area contributed by atoms with Gasteiger partial charge in [-0.05, 0) is 54.9 Å². The SMILES string of the molecule is CC(C)NCC1CCCN1c1nc(-c2ccncc2)c(-c2cccc(C3CC3)c2)c(=O)n1C. The summed E-state index contributed by atoms with van der Waals surface area (Å²) in [5.74, 6) is 1.38. The molecule has 0 spiro atoms. The average Bonchev–Trinajstić information content (AvgIpc) is 3.58. The number of hydrogen-bond donors (Lipinski definition) is 1. The average molecular weight is 444 g/mol. The molecule has 0 radical (unpaired) electrons. The second kappa shape index (κ2) is 9.10. The Kier molecular flexibility index (Phi) is 6.02. The first kappa shape index (κ1) is 21.8. The van der Waals surface area contributed by atoms with E-state index in [4.69, 9.17) is 4.98 Å². The number of anilines is 1. The molecule has 2 aromatic heterocycles. The van der Waals surface area contributed by atoms with Crippen molar-refractivity contribution < 1.29 is 0 Å². The van der Waals surface area contributed by atoms with Crippen molar-refractivity contribution in [3.05, 3.63) is 64.7 Å². The van der Waals surface area contributed by atoms with Crippen LogP contribution in [-0.4, -0.2) is 39.7 Å². The van der Waals surface area contributed by atoms with Crippen molar-refractivity contribution in [2.24, 2.45) is 7.05 Å². The summed E-state index contributed by atoms with van der Waals surface area (Å²) in [6.07, 6.45) is 8.21. The number of rotatable bonds is 7. The van der Waals surface area contributed by atoms with Gasteiger partial charge in [0.25, 0.3) is 5.56 Å². The molecule has 5 rings (SSSR count). The van der Waals surface area contributed by atoms with E-state index in [9.17, 15) is 4.79 Å². The lowest BCUT2D eigenvalue weighted by molar-refractivity contribution is 0.517. The predicted octanol–water partition coefficient (Wildman–Crippen LogP) is 4.35. The Morgan fingerprint density at radius 2 is 1.88 bits per heavy atom. The van der Waals surface area contributed by atoms with Gasteiger partial charge in [0.05, 0.1) is 11.3 Å². The van der Waals surface area contributed by atoms with Gasteiger partial charge in [-0.1, -0.05) is 38.1 Å². The van der Waals surface area contributed by atoms with Crippen molar-refractivity contribution in [1.82, 2.24) is 19.9 Å². The summed E-state index contributed by atoms with van der Waals surface area (Å²) >= 11 is 0. The molecule has 1 aliphatic heterocycles. The number of aromatic nitrogens is 3. The molecule has 1 saturated carbocycles. The number of pyridine rings is 1. The van der Waals surface area contributed by atoms with E-state index < -0.39 is 0 Å². The van der Waals surface area contributed by atoms with Crippen LogP contribution in [0.1, 0.15) is 51.0 Å². The fourth-order valence-corrected chi connectivity index (χ4v) is 4.87. The summed E-state index contributed by atoms with van der Waals surface area (Å²) in [5, 5.41) is 3.56. The third-order valence-electron chi connectivity index (χ3n) is 6.84. The Balaban J connectivity index is 1.64. The molecule has 1 saturated heterocycles. The van der Waals surface area contributed by atoms with E-state index in [2.05, 4.69) is 47.2 Å². The molecular weight excluding hydrogens is 410 g/mol. The van der Waals surface area contributed by atoms with E-state index in [0.717, 1.165) is 48.7 Å². The lowest BCUT2D eigenvalue weighted by Crippen LogP contribution is -2.43. The molecule has 2 fully saturated rings. The van der Waals surface area contributed by atoms with Crippen molar-refractivity contribution in [3.63, 3.8) is 0 Å². The second-order valence-corrected chi connectivity index (χ2v) is 9.69. The maximum Gasteiger partial charge on any atom is 0.263 e. The lowest BCUT2D eigenvalue weighted by atomic mass is 9.98. The van der Waals surface area contributed by atoms with E-state index in [1.54, 1.807) is 17.0 Å². The van der Waals surface area contributed by atoms with Crippen LogP contribution in [0, 0.1) is 0 Å². The van der Waals surface area contributed by atoms with Gasteiger partial charge in [0.15, 0.2) is 0 Å². The van der Waals surface area contributed by atoms with Crippen LogP contribution in [0.4, 0.5) is 5.95 Å². The Labute approximate surface area is 195 Å². The van der Waals surface area contributed by atoms with Crippen molar-refractivity contribution in [1.29, 1.82) is 0 Å². The minimum Gasteiger partial charge on any atom is -0.338 e. The third kappa shape index (κ3) is 4.44. The number of hydrogen-bond acceptors (Lipinski definition) is 5. The molecule has 1 atom stereocenters. The third-order valence-corrected chi connectivity index (χ3v) is 6.84. The largest absolute Gasteiger partial charge is 0.338 e. The first-order chi connectivity index (χ1) is 16.0. The molecular formula is C27H33N5O. The zero-order chi connectivity index (χ0) is 22.9. The van der Waals surface area contributed by atoms with Crippen LogP contribution in [0.3, 0.4) is 0 Å². The summed E-state index contributed by atoms with van der Waals surface area (Å²) < 4.78 is 1.75. The molecule has 172 valence electrons. The topological polar surface area (TPSA) is 63.0 Å². The molecule has 3 aromatic rings. The Morgan fingerprint density at radius 1 is 1.09 bits per heavy atom. The van der Waals surface area contributed by atoms with Gasteiger partial charge in [-0.3, -0.25) is 14.3 Å². The normalized spacial score (nSPS) is 18.3. The molecule has 3 heterocycles. The highest BCUT2D eigenvalue weighted by atomic mass is 16.1. The summed E-state index contributed by atoms with van der Waals surface area (Å²) in [6.45, 7) is 6.14. The fraction of sp³-hybridized carbons (Fsp3) is 0.444. The monoisotopic (exact) mass is 443 g/mol. The first-order valence-electron chi connectivity index (χ1n) is 12.1. The Bertz CT molecular complexity index is 1180. The first-order valence-corrected chi connectivity index (χ1v) is 12.1. The standard InChI is InChI=1S/C27H33N5O/c1-18(2)29-17-23-8-5-15-32(23)27-30-25(20-11-13-28-14-12-20)24(26(33)31(27)3)22-7-4-6-21(16-22)19-9-10-19/h4,6-7,11-14,16,18-19,23,29H,5,8-10,15,17H2,1-3H3. The fourth-order valence-electron chi connectivity index (χ4n) is 4.87. The Hall–Kier alpha value is -2.99. The molecule has 1 aliphatic carbocycles. The second-order valence-electron chi connectivity index (χ2n) is 9.69.